The van der Waals surface area contributed by atoms with Crippen LogP contribution < -0.4 is 10.6 Å². The molecule has 520 valence electrons. The number of hydrogen-bond acceptors (Lipinski definition) is 17. The first-order valence-electron chi connectivity index (χ1n) is 34.6. The molecule has 2 aliphatic rings. The molecule has 0 aromatic carbocycles. The van der Waals surface area contributed by atoms with Crippen LogP contribution in [0, 0.1) is 0 Å². The zero-order valence-electron chi connectivity index (χ0n) is 55.1. The number of unbranched alkanes of at least 4 members (excludes halogenated alkanes) is 29. The van der Waals surface area contributed by atoms with Gasteiger partial charge in [-0.25, -0.2) is 14.4 Å². The molecule has 2 saturated heterocycles. The molecule has 1 unspecified atom stereocenters. The third kappa shape index (κ3) is 42.6. The summed E-state index contributed by atoms with van der Waals surface area (Å²) in [6.07, 6.45) is 31.1. The van der Waals surface area contributed by atoms with Gasteiger partial charge in [-0.05, 0) is 64.2 Å². The molecule has 0 aromatic heterocycles. The van der Waals surface area contributed by atoms with E-state index >= 15 is 0 Å². The molecule has 0 saturated carbocycles. The van der Waals surface area contributed by atoms with Crippen LogP contribution in [0.1, 0.15) is 285 Å². The van der Waals surface area contributed by atoms with Crippen LogP contribution in [0.5, 0.6) is 0 Å². The lowest BCUT2D eigenvalue weighted by Crippen LogP contribution is -2.67. The molecule has 12 atom stereocenters. The van der Waals surface area contributed by atoms with Crippen LogP contribution >= 0.6 is 16.5 Å². The second kappa shape index (κ2) is 56.9. The molecule has 0 aromatic rings. The molecule has 88 heavy (non-hydrogen) atoms. The van der Waals surface area contributed by atoms with E-state index in [0.717, 1.165) is 128 Å². The second-order valence-electron chi connectivity index (χ2n) is 24.3. The molecule has 2 amide bonds. The van der Waals surface area contributed by atoms with E-state index in [4.69, 9.17) is 42.8 Å². The Morgan fingerprint density at radius 2 is 1.00 bits per heavy atom. The maximum Gasteiger partial charge on any atom is 0.472 e. The number of carbonyl (C=O) groups excluding carboxylic acids is 2. The van der Waals surface area contributed by atoms with Crippen LogP contribution in [0.4, 0.5) is 0 Å². The fraction of sp³-hybridized carbons (Fsp3) is 0.938. The van der Waals surface area contributed by atoms with Crippen LogP contribution in [0.25, 0.3) is 0 Å². The van der Waals surface area contributed by atoms with Crippen molar-refractivity contribution in [3.63, 3.8) is 0 Å². The summed E-state index contributed by atoms with van der Waals surface area (Å²) < 4.78 is 67.2. The fourth-order valence-corrected chi connectivity index (χ4v) is 11.9. The number of phosphoric acid groups is 1. The summed E-state index contributed by atoms with van der Waals surface area (Å²) >= 11 is 0. The van der Waals surface area contributed by atoms with Gasteiger partial charge in [0.05, 0.1) is 31.3 Å². The van der Waals surface area contributed by atoms with Gasteiger partial charge < -0.3 is 69.3 Å². The SMILES string of the molecule is CCCCCC/C=C\CCCCCCCCCC(=O)N[C@H]1[C@H](OC[C@H]2O[C@H](OP(=O)(O)O)[C@H](NC(=O)CC(O)CCCCCCCCCC)[C@@H](OCCCCCCCCCC)[C@@H]2O)O[C@H](CCO)[C@@H](O)[C@@H]1OCC[C@@H](CCCCCCC)OC.O=POO. The first-order valence-corrected chi connectivity index (χ1v) is 36.8. The van der Waals surface area contributed by atoms with Crippen LogP contribution in [0.15, 0.2) is 12.2 Å². The van der Waals surface area contributed by atoms with E-state index in [-0.39, 0.29) is 51.1 Å². The molecule has 0 spiro atoms. The summed E-state index contributed by atoms with van der Waals surface area (Å²) in [5, 5.41) is 58.0. The molecule has 0 radical (unpaired) electrons. The predicted molar refractivity (Wildman–Crippen MR) is 343 cm³/mol. The number of phosphoric ester groups is 1. The van der Waals surface area contributed by atoms with Crippen molar-refractivity contribution < 1.29 is 91.8 Å². The van der Waals surface area contributed by atoms with E-state index in [1.165, 1.54) is 83.5 Å². The topological polar surface area (TPSA) is 308 Å². The number of nitrogens with one attached hydrogen (secondary N) is 2. The van der Waals surface area contributed by atoms with Gasteiger partial charge in [-0.15, -0.1) is 4.67 Å². The van der Waals surface area contributed by atoms with Crippen molar-refractivity contribution in [2.24, 2.45) is 0 Å². The summed E-state index contributed by atoms with van der Waals surface area (Å²) in [5.41, 5.74) is 0. The predicted octanol–water partition coefficient (Wildman–Crippen LogP) is 13.3. The summed E-state index contributed by atoms with van der Waals surface area (Å²) in [5.74, 6) is -0.945. The fourth-order valence-electron chi connectivity index (χ4n) is 11.4. The molecule has 2 fully saturated rings. The zero-order chi connectivity index (χ0) is 64.9. The number of aliphatic hydroxyl groups is 4. The first-order chi connectivity index (χ1) is 42.6. The van der Waals surface area contributed by atoms with Crippen molar-refractivity contribution in [1.29, 1.82) is 0 Å². The highest BCUT2D eigenvalue weighted by Crippen LogP contribution is 2.41. The second-order valence-corrected chi connectivity index (χ2v) is 25.8. The molecular weight excluding hydrogens is 1170 g/mol. The van der Waals surface area contributed by atoms with Crippen LogP contribution in [0.3, 0.4) is 0 Å². The molecule has 2 heterocycles. The van der Waals surface area contributed by atoms with E-state index < -0.39 is 96.4 Å². The third-order valence-electron chi connectivity index (χ3n) is 16.6. The monoisotopic (exact) mass is 1300 g/mol. The van der Waals surface area contributed by atoms with Crippen molar-refractivity contribution in [3.05, 3.63) is 12.2 Å². The Balaban J connectivity index is 0.00000937. The van der Waals surface area contributed by atoms with E-state index in [2.05, 4.69) is 55.2 Å². The Bertz CT molecular complexity index is 1720. The van der Waals surface area contributed by atoms with Gasteiger partial charge in [0.25, 0.3) is 0 Å². The third-order valence-corrected chi connectivity index (χ3v) is 17.2. The number of hydrogen-bond donors (Lipinski definition) is 9. The Morgan fingerprint density at radius 1 is 0.568 bits per heavy atom. The van der Waals surface area contributed by atoms with Crippen LogP contribution in [0.2, 0.25) is 0 Å². The number of carbonyl (C=O) groups is 2. The molecule has 2 aliphatic heterocycles. The first kappa shape index (κ1) is 84.4. The Hall–Kier alpha value is -1.59. The molecule has 23 heteroatoms. The quantitative estimate of drug-likeness (QED) is 0.00898. The Labute approximate surface area is 532 Å². The zero-order valence-corrected chi connectivity index (χ0v) is 56.9. The highest BCUT2D eigenvalue weighted by atomic mass is 31.2. The lowest BCUT2D eigenvalue weighted by molar-refractivity contribution is -0.300. The Morgan fingerprint density at radius 3 is 1.51 bits per heavy atom. The summed E-state index contributed by atoms with van der Waals surface area (Å²) in [4.78, 5) is 48.1. The molecule has 21 nitrogen and oxygen atoms in total. The normalized spacial score (nSPS) is 23.0. The number of amides is 2. The van der Waals surface area contributed by atoms with Gasteiger partial charge in [0, 0.05) is 33.4 Å². The number of ether oxygens (including phenoxy) is 6. The van der Waals surface area contributed by atoms with Gasteiger partial charge in [-0.1, -0.05) is 220 Å². The maximum atomic E-state index is 13.9. The molecular formula is C65H126N2O19P2. The van der Waals surface area contributed by atoms with E-state index in [0.29, 0.717) is 25.7 Å². The van der Waals surface area contributed by atoms with E-state index in [1.807, 2.05) is 0 Å². The summed E-state index contributed by atoms with van der Waals surface area (Å²) in [6.45, 7) is 8.24. The standard InChI is InChI=1S/C65H125N2O16P.HO3P/c1-6-10-14-18-21-24-25-26-27-28-29-30-32-36-40-44-56(70)66-58-62(79-49-46-53(77-5)43-39-34-17-13-9-4)60(72)54(45-47-68)81-64(58)80-51-55-61(73)63(78-48-41-37-33-23-20-16-12-8-3)59(65(82-55)83-84(74,75)76)67-57(71)50-52(69)42-38-35-31-22-19-15-11-7-2;1-3-4-2/h24-25,52-55,58-65,68-69,72-73H,6-23,26-51H2,1-5H3,(H,66,70)(H,67,71)(H2,74,75,76);1H/b25-24-;/t52?,53-,54-,55-,58-,59-,60-,61-,62-,63-,64-,65-;/m1./s1. The van der Waals surface area contributed by atoms with Crippen LogP contribution in [-0.4, -0.2) is 154 Å². The number of methoxy groups -OCH3 is 1. The summed E-state index contributed by atoms with van der Waals surface area (Å²) in [7, 11) is -4.34. The van der Waals surface area contributed by atoms with Gasteiger partial charge in [0.2, 0.25) is 11.8 Å². The average Bonchev–Trinajstić information content (AvgIpc) is 3.45. The minimum atomic E-state index is -5.32. The number of aliphatic hydroxyl groups excluding tert-OH is 4. The molecule has 0 bridgehead atoms. The smallest absolute Gasteiger partial charge is 0.396 e. The van der Waals surface area contributed by atoms with Crippen molar-refractivity contribution in [3.8, 4) is 0 Å². The molecule has 2 rings (SSSR count). The van der Waals surface area contributed by atoms with Crippen LogP contribution in [-0.2, 0) is 56.3 Å². The average molecular weight is 1300 g/mol. The minimum Gasteiger partial charge on any atom is -0.396 e. The van der Waals surface area contributed by atoms with Crippen molar-refractivity contribution in [2.45, 2.75) is 358 Å². The van der Waals surface area contributed by atoms with Crippen molar-refractivity contribution >= 4 is 28.3 Å². The Kier molecular flexibility index (Phi) is 54.6. The van der Waals surface area contributed by atoms with E-state index in [1.54, 1.807) is 7.11 Å². The van der Waals surface area contributed by atoms with E-state index in [9.17, 15) is 44.4 Å². The minimum absolute atomic E-state index is 0.000438. The van der Waals surface area contributed by atoms with Gasteiger partial charge in [0.15, 0.2) is 12.6 Å². The largest absolute Gasteiger partial charge is 0.472 e. The van der Waals surface area contributed by atoms with Gasteiger partial charge >= 0.3 is 16.5 Å². The van der Waals surface area contributed by atoms with Gasteiger partial charge in [-0.2, -0.15) is 0 Å². The molecule has 9 N–H and O–H groups in total. The lowest BCUT2D eigenvalue weighted by atomic mass is 9.94. The van der Waals surface area contributed by atoms with Crippen molar-refractivity contribution in [1.82, 2.24) is 10.6 Å². The van der Waals surface area contributed by atoms with Gasteiger partial charge in [-0.3, -0.25) is 14.1 Å². The highest BCUT2D eigenvalue weighted by molar-refractivity contribution is 7.46. The lowest BCUT2D eigenvalue weighted by Gasteiger charge is -2.47. The number of rotatable bonds is 57. The van der Waals surface area contributed by atoms with Gasteiger partial charge in [0.1, 0.15) is 42.6 Å². The number of allylic oxidation sites excluding steroid dienone is 2. The highest BCUT2D eigenvalue weighted by Gasteiger charge is 2.51. The maximum absolute atomic E-state index is 13.9. The summed E-state index contributed by atoms with van der Waals surface area (Å²) in [6, 6.07) is -2.52. The van der Waals surface area contributed by atoms with Crippen molar-refractivity contribution in [2.75, 3.05) is 33.5 Å². The molecule has 0 aliphatic carbocycles.